The molecule has 1 aromatic carbocycles. The third-order valence-electron chi connectivity index (χ3n) is 4.48. The Hall–Kier alpha value is -2.91. The van der Waals surface area contributed by atoms with E-state index < -0.39 is 22.7 Å². The maximum Gasteiger partial charge on any atom is 0.402 e. The Morgan fingerprint density at radius 3 is 2.45 bits per heavy atom. The van der Waals surface area contributed by atoms with Crippen LogP contribution in [-0.2, 0) is 27.8 Å². The lowest BCUT2D eigenvalue weighted by Gasteiger charge is -2.10. The van der Waals surface area contributed by atoms with Gasteiger partial charge in [-0.25, -0.2) is 13.1 Å². The molecule has 2 rings (SSSR count). The zero-order valence-corrected chi connectivity index (χ0v) is 17.8. The summed E-state index contributed by atoms with van der Waals surface area (Å²) in [6.45, 7) is 2.51. The molecule has 168 valence electrons. The standard InChI is InChI=1S/C19H22F3N5O3S/c1-13-17(14(2)27(26-13)11-3-10-23)8-9-18(28)25-15-4-6-16(7-5-15)31(29,30)24-12-19(20,21)22/h4-7,24H,3,8-9,11-12H2,1-2H3,(H,25,28). The molecule has 0 aliphatic rings. The van der Waals surface area contributed by atoms with Gasteiger partial charge in [0.1, 0.15) is 6.54 Å². The number of sulfonamides is 1. The smallest absolute Gasteiger partial charge is 0.326 e. The highest BCUT2D eigenvalue weighted by Gasteiger charge is 2.30. The lowest BCUT2D eigenvalue weighted by Crippen LogP contribution is -2.33. The molecule has 1 amide bonds. The van der Waals surface area contributed by atoms with Crippen molar-refractivity contribution in [1.29, 1.82) is 5.26 Å². The summed E-state index contributed by atoms with van der Waals surface area (Å²) in [5.41, 5.74) is 2.91. The number of alkyl halides is 3. The maximum atomic E-state index is 12.2. The normalized spacial score (nSPS) is 11.9. The van der Waals surface area contributed by atoms with Crippen LogP contribution in [0.2, 0.25) is 0 Å². The second kappa shape index (κ2) is 9.93. The summed E-state index contributed by atoms with van der Waals surface area (Å²) in [5, 5.41) is 15.7. The van der Waals surface area contributed by atoms with Gasteiger partial charge in [-0.3, -0.25) is 9.48 Å². The van der Waals surface area contributed by atoms with Crippen molar-refractivity contribution < 1.29 is 26.4 Å². The molecule has 0 saturated heterocycles. The summed E-state index contributed by atoms with van der Waals surface area (Å²) < 4.78 is 63.6. The molecule has 0 saturated carbocycles. The highest BCUT2D eigenvalue weighted by molar-refractivity contribution is 7.89. The first kappa shape index (κ1) is 24.4. The molecule has 0 aliphatic carbocycles. The fraction of sp³-hybridized carbons (Fsp3) is 0.421. The van der Waals surface area contributed by atoms with E-state index in [1.807, 2.05) is 13.8 Å². The number of nitrogens with one attached hydrogen (secondary N) is 2. The van der Waals surface area contributed by atoms with Gasteiger partial charge in [-0.1, -0.05) is 0 Å². The molecule has 8 nitrogen and oxygen atoms in total. The van der Waals surface area contributed by atoms with Gasteiger partial charge in [0.05, 0.1) is 29.6 Å². The number of nitrogens with zero attached hydrogens (tertiary/aromatic N) is 3. The summed E-state index contributed by atoms with van der Waals surface area (Å²) in [4.78, 5) is 11.9. The molecule has 0 atom stereocenters. The molecule has 2 aromatic rings. The van der Waals surface area contributed by atoms with Crippen LogP contribution in [0.3, 0.4) is 0 Å². The first-order chi connectivity index (χ1) is 14.4. The van der Waals surface area contributed by atoms with E-state index in [2.05, 4.69) is 16.5 Å². The lowest BCUT2D eigenvalue weighted by atomic mass is 10.1. The number of rotatable bonds is 9. The summed E-state index contributed by atoms with van der Waals surface area (Å²) in [6, 6.07) is 6.89. The molecule has 0 spiro atoms. The largest absolute Gasteiger partial charge is 0.402 e. The van der Waals surface area contributed by atoms with Crippen LogP contribution in [0.15, 0.2) is 29.2 Å². The van der Waals surface area contributed by atoms with Gasteiger partial charge in [-0.2, -0.15) is 23.5 Å². The molecule has 0 fully saturated rings. The van der Waals surface area contributed by atoms with E-state index in [0.717, 1.165) is 29.1 Å². The predicted octanol–water partition coefficient (Wildman–Crippen LogP) is 2.83. The quantitative estimate of drug-likeness (QED) is 0.601. The number of anilines is 1. The number of carbonyl (C=O) groups excluding carboxylic acids is 1. The Kier molecular flexibility index (Phi) is 7.80. The Balaban J connectivity index is 1.95. The van der Waals surface area contributed by atoms with Gasteiger partial charge >= 0.3 is 6.18 Å². The maximum absolute atomic E-state index is 12.2. The number of halogens is 3. The van der Waals surface area contributed by atoms with Crippen LogP contribution in [0, 0.1) is 25.2 Å². The van der Waals surface area contributed by atoms with Crippen molar-refractivity contribution in [3.05, 3.63) is 41.2 Å². The molecule has 0 bridgehead atoms. The Morgan fingerprint density at radius 1 is 1.23 bits per heavy atom. The topological polar surface area (TPSA) is 117 Å². The number of benzene rings is 1. The second-order valence-electron chi connectivity index (χ2n) is 6.79. The second-order valence-corrected chi connectivity index (χ2v) is 8.56. The monoisotopic (exact) mass is 457 g/mol. The number of hydrogen-bond acceptors (Lipinski definition) is 5. The minimum atomic E-state index is -4.66. The average molecular weight is 457 g/mol. The molecular formula is C19H22F3N5O3S. The number of aryl methyl sites for hydroxylation is 2. The number of carbonyl (C=O) groups is 1. The number of aromatic nitrogens is 2. The summed E-state index contributed by atoms with van der Waals surface area (Å²) >= 11 is 0. The van der Waals surface area contributed by atoms with Gasteiger partial charge in [0.25, 0.3) is 0 Å². The van der Waals surface area contributed by atoms with Crippen LogP contribution < -0.4 is 10.0 Å². The van der Waals surface area contributed by atoms with Gasteiger partial charge in [0.15, 0.2) is 0 Å². The first-order valence-electron chi connectivity index (χ1n) is 9.29. The van der Waals surface area contributed by atoms with Gasteiger partial charge in [0, 0.05) is 17.8 Å². The van der Waals surface area contributed by atoms with Crippen LogP contribution in [0.4, 0.5) is 18.9 Å². The van der Waals surface area contributed by atoms with Crippen LogP contribution >= 0.6 is 0 Å². The van der Waals surface area contributed by atoms with Crippen LogP contribution in [0.5, 0.6) is 0 Å². The van der Waals surface area contributed by atoms with Crippen molar-refractivity contribution >= 4 is 21.6 Å². The van der Waals surface area contributed by atoms with E-state index in [4.69, 9.17) is 5.26 Å². The lowest BCUT2D eigenvalue weighted by molar-refractivity contribution is -0.121. The molecule has 12 heteroatoms. The van der Waals surface area contributed by atoms with Crippen LogP contribution in [0.1, 0.15) is 29.8 Å². The fourth-order valence-corrected chi connectivity index (χ4v) is 3.92. The number of nitriles is 1. The Morgan fingerprint density at radius 2 is 1.87 bits per heavy atom. The van der Waals surface area contributed by atoms with Crippen molar-refractivity contribution in [3.8, 4) is 6.07 Å². The average Bonchev–Trinajstić information content (AvgIpc) is 2.96. The molecule has 0 aliphatic heterocycles. The molecule has 2 N–H and O–H groups in total. The molecule has 1 heterocycles. The summed E-state index contributed by atoms with van der Waals surface area (Å²) in [7, 11) is -4.31. The highest BCUT2D eigenvalue weighted by atomic mass is 32.2. The zero-order valence-electron chi connectivity index (χ0n) is 17.0. The van der Waals surface area contributed by atoms with E-state index >= 15 is 0 Å². The number of hydrogen-bond donors (Lipinski definition) is 2. The van der Waals surface area contributed by atoms with Gasteiger partial charge in [0.2, 0.25) is 15.9 Å². The molecule has 1 aromatic heterocycles. The summed E-state index contributed by atoms with van der Waals surface area (Å²) in [5.74, 6) is -0.311. The third kappa shape index (κ3) is 7.08. The van der Waals surface area contributed by atoms with Crippen molar-refractivity contribution in [3.63, 3.8) is 0 Å². The predicted molar refractivity (Wildman–Crippen MR) is 107 cm³/mol. The van der Waals surface area contributed by atoms with E-state index in [1.165, 1.54) is 16.9 Å². The molecule has 31 heavy (non-hydrogen) atoms. The SMILES string of the molecule is Cc1nn(CCC#N)c(C)c1CCC(=O)Nc1ccc(S(=O)(=O)NCC(F)(F)F)cc1. The third-order valence-corrected chi connectivity index (χ3v) is 5.90. The van der Waals surface area contributed by atoms with Gasteiger partial charge in [-0.05, 0) is 50.1 Å². The van der Waals surface area contributed by atoms with Crippen LogP contribution in [0.25, 0.3) is 0 Å². The van der Waals surface area contributed by atoms with Gasteiger partial charge < -0.3 is 5.32 Å². The minimum absolute atomic E-state index is 0.152. The molecular weight excluding hydrogens is 435 g/mol. The minimum Gasteiger partial charge on any atom is -0.326 e. The van der Waals surface area contributed by atoms with E-state index in [1.54, 1.807) is 4.68 Å². The Bertz CT molecular complexity index is 1070. The van der Waals surface area contributed by atoms with E-state index in [9.17, 15) is 26.4 Å². The van der Waals surface area contributed by atoms with Crippen molar-refractivity contribution in [2.24, 2.45) is 0 Å². The Labute approximate surface area is 178 Å². The summed E-state index contributed by atoms with van der Waals surface area (Å²) in [6.07, 6.45) is -3.74. The number of amides is 1. The van der Waals surface area contributed by atoms with Gasteiger partial charge in [-0.15, -0.1) is 0 Å². The van der Waals surface area contributed by atoms with Crippen molar-refractivity contribution in [1.82, 2.24) is 14.5 Å². The highest BCUT2D eigenvalue weighted by Crippen LogP contribution is 2.19. The molecule has 0 radical (unpaired) electrons. The van der Waals surface area contributed by atoms with Crippen LogP contribution in [-0.4, -0.2) is 36.8 Å². The zero-order chi connectivity index (χ0) is 23.2. The first-order valence-corrected chi connectivity index (χ1v) is 10.8. The molecule has 0 unspecified atom stereocenters. The van der Waals surface area contributed by atoms with Crippen molar-refractivity contribution in [2.45, 2.75) is 50.7 Å². The van der Waals surface area contributed by atoms with Crippen molar-refractivity contribution in [2.75, 3.05) is 11.9 Å². The fourth-order valence-electron chi connectivity index (χ4n) is 2.91. The van der Waals surface area contributed by atoms with E-state index in [-0.39, 0.29) is 17.2 Å². The van der Waals surface area contributed by atoms with E-state index in [0.29, 0.717) is 25.1 Å².